The molecular weight excluding hydrogens is 399 g/mol. The van der Waals surface area contributed by atoms with E-state index in [0.717, 1.165) is 23.1 Å². The molecule has 1 amide bonds. The molecule has 0 radical (unpaired) electrons. The Morgan fingerprint density at radius 3 is 2.00 bits per heavy atom. The van der Waals surface area contributed by atoms with Gasteiger partial charge in [-0.1, -0.05) is 0 Å². The van der Waals surface area contributed by atoms with Crippen LogP contribution in [0.2, 0.25) is 0 Å². The van der Waals surface area contributed by atoms with Gasteiger partial charge >= 0.3 is 5.51 Å². The standard InChI is InChI=1S/C16H25N3O.CHF3O3S/c1-19(2,3)15-8-6-14(7-9-15)16(20)17-10-13-18-11-4-5-12-18;2-1(3,4)8(5,6)7/h6-9H,4-5,10-13H2,1-3H3;(H,5,6,7). The molecule has 1 fully saturated rings. The summed E-state index contributed by atoms with van der Waals surface area (Å²) < 4.78 is 59.7. The third kappa shape index (κ3) is 8.13. The van der Waals surface area contributed by atoms with Crippen molar-refractivity contribution in [2.45, 2.75) is 18.3 Å². The van der Waals surface area contributed by atoms with Crippen molar-refractivity contribution in [1.29, 1.82) is 0 Å². The molecule has 0 unspecified atom stereocenters. The highest BCUT2D eigenvalue weighted by Crippen LogP contribution is 2.20. The van der Waals surface area contributed by atoms with E-state index in [4.69, 9.17) is 13.0 Å². The summed E-state index contributed by atoms with van der Waals surface area (Å²) in [5.74, 6) is 0.0251. The molecule has 0 saturated carbocycles. The molecule has 1 aliphatic rings. The minimum absolute atomic E-state index is 0.0251. The molecule has 1 saturated heterocycles. The van der Waals surface area contributed by atoms with Gasteiger partial charge in [0.25, 0.3) is 5.91 Å². The number of quaternary nitrogens is 1. The van der Waals surface area contributed by atoms with Gasteiger partial charge < -0.3 is 14.8 Å². The Hall–Kier alpha value is -1.69. The van der Waals surface area contributed by atoms with Crippen LogP contribution in [0.5, 0.6) is 0 Å². The van der Waals surface area contributed by atoms with Crippen LogP contribution in [0.1, 0.15) is 23.2 Å². The number of carbonyl (C=O) groups is 1. The molecule has 0 aliphatic carbocycles. The fourth-order valence-corrected chi connectivity index (χ4v) is 2.50. The smallest absolute Gasteiger partial charge is 0.485 e. The fourth-order valence-electron chi connectivity index (χ4n) is 2.50. The fraction of sp³-hybridized carbons (Fsp3) is 0.588. The summed E-state index contributed by atoms with van der Waals surface area (Å²) in [6.07, 6.45) is 2.58. The Morgan fingerprint density at radius 2 is 1.61 bits per heavy atom. The second kappa shape index (κ2) is 9.68. The quantitative estimate of drug-likeness (QED) is 0.441. The third-order valence-electron chi connectivity index (χ3n) is 4.10. The number of alkyl halides is 3. The molecule has 11 heteroatoms. The van der Waals surface area contributed by atoms with E-state index in [1.54, 1.807) is 0 Å². The van der Waals surface area contributed by atoms with Crippen LogP contribution in [0.4, 0.5) is 18.9 Å². The van der Waals surface area contributed by atoms with E-state index in [0.29, 0.717) is 0 Å². The molecule has 1 aromatic rings. The van der Waals surface area contributed by atoms with E-state index in [1.807, 2.05) is 24.3 Å². The minimum Gasteiger partial charge on any atom is -0.741 e. The first-order valence-electron chi connectivity index (χ1n) is 8.66. The Kier molecular flexibility index (Phi) is 8.42. The number of amides is 1. The number of nitrogens with one attached hydrogen (secondary N) is 1. The van der Waals surface area contributed by atoms with Gasteiger partial charge in [-0.25, -0.2) is 8.42 Å². The Bertz CT molecular complexity index is 738. The first-order valence-corrected chi connectivity index (χ1v) is 10.1. The van der Waals surface area contributed by atoms with Gasteiger partial charge in [0, 0.05) is 18.7 Å². The van der Waals surface area contributed by atoms with Gasteiger partial charge in [-0.15, -0.1) is 0 Å². The van der Waals surface area contributed by atoms with Crippen LogP contribution in [-0.4, -0.2) is 76.6 Å². The Labute approximate surface area is 163 Å². The lowest BCUT2D eigenvalue weighted by molar-refractivity contribution is -0.0517. The lowest BCUT2D eigenvalue weighted by Gasteiger charge is -2.23. The highest BCUT2D eigenvalue weighted by molar-refractivity contribution is 7.86. The summed E-state index contributed by atoms with van der Waals surface area (Å²) >= 11 is 0. The second-order valence-electron chi connectivity index (χ2n) is 7.26. The number of hydrogen-bond acceptors (Lipinski definition) is 5. The zero-order valence-electron chi connectivity index (χ0n) is 16.1. The monoisotopic (exact) mass is 425 g/mol. The molecule has 7 nitrogen and oxygen atoms in total. The molecule has 0 bridgehead atoms. The van der Waals surface area contributed by atoms with E-state index in [9.17, 15) is 18.0 Å². The summed E-state index contributed by atoms with van der Waals surface area (Å²) in [7, 11) is 0.258. The zero-order chi connectivity index (χ0) is 21.6. The topological polar surface area (TPSA) is 89.5 Å². The van der Waals surface area contributed by atoms with Crippen molar-refractivity contribution in [3.63, 3.8) is 0 Å². The lowest BCUT2D eigenvalue weighted by Crippen LogP contribution is -2.35. The van der Waals surface area contributed by atoms with Gasteiger partial charge in [0.2, 0.25) is 0 Å². The maximum absolute atomic E-state index is 12.0. The van der Waals surface area contributed by atoms with Crippen LogP contribution >= 0.6 is 0 Å². The molecule has 0 atom stereocenters. The minimum atomic E-state index is -6.09. The number of hydrogen-bond donors (Lipinski definition) is 1. The van der Waals surface area contributed by atoms with Crippen LogP contribution in [0, 0.1) is 0 Å². The zero-order valence-corrected chi connectivity index (χ0v) is 16.9. The maximum Gasteiger partial charge on any atom is 0.485 e. The summed E-state index contributed by atoms with van der Waals surface area (Å²) in [6, 6.07) is 7.86. The number of halogens is 3. The SMILES string of the molecule is C[N+](C)(C)c1ccc(C(=O)NCCN2CCCC2)cc1.O=S(=O)([O-])C(F)(F)F. The summed E-state index contributed by atoms with van der Waals surface area (Å²) in [6.45, 7) is 4.04. The number of rotatable bonds is 5. The number of likely N-dealkylation sites (tertiary alicyclic amines) is 1. The van der Waals surface area contributed by atoms with Crippen molar-refractivity contribution in [3.8, 4) is 0 Å². The van der Waals surface area contributed by atoms with Gasteiger partial charge in [0.1, 0.15) is 5.69 Å². The molecule has 1 aromatic carbocycles. The molecule has 2 rings (SSSR count). The van der Waals surface area contributed by atoms with Crippen molar-refractivity contribution < 1.29 is 30.9 Å². The lowest BCUT2D eigenvalue weighted by atomic mass is 10.1. The van der Waals surface area contributed by atoms with Gasteiger partial charge in [0.05, 0.1) is 21.1 Å². The maximum atomic E-state index is 12.0. The molecule has 28 heavy (non-hydrogen) atoms. The van der Waals surface area contributed by atoms with Crippen LogP contribution in [0.25, 0.3) is 0 Å². The van der Waals surface area contributed by atoms with Gasteiger partial charge in [-0.2, -0.15) is 13.2 Å². The summed E-state index contributed by atoms with van der Waals surface area (Å²) in [5, 5.41) is 3.00. The average molecular weight is 425 g/mol. The highest BCUT2D eigenvalue weighted by Gasteiger charge is 2.36. The number of benzene rings is 1. The van der Waals surface area contributed by atoms with Crippen molar-refractivity contribution in [3.05, 3.63) is 29.8 Å². The van der Waals surface area contributed by atoms with E-state index in [-0.39, 0.29) is 5.91 Å². The van der Waals surface area contributed by atoms with E-state index >= 15 is 0 Å². The molecule has 1 heterocycles. The Balaban J connectivity index is 0.000000416. The third-order valence-corrected chi connectivity index (χ3v) is 4.67. The van der Waals surface area contributed by atoms with Crippen LogP contribution in [0.3, 0.4) is 0 Å². The molecule has 0 aromatic heterocycles. The van der Waals surface area contributed by atoms with Crippen LogP contribution < -0.4 is 9.80 Å². The normalized spacial score (nSPS) is 15.7. The van der Waals surface area contributed by atoms with Crippen molar-refractivity contribution in [2.75, 3.05) is 47.3 Å². The second-order valence-corrected chi connectivity index (χ2v) is 8.64. The van der Waals surface area contributed by atoms with E-state index < -0.39 is 15.6 Å². The van der Waals surface area contributed by atoms with Gasteiger partial charge in [0.15, 0.2) is 10.1 Å². The first-order chi connectivity index (χ1) is 12.7. The molecular formula is C17H26F3N3O4S. The van der Waals surface area contributed by atoms with Gasteiger partial charge in [-0.05, 0) is 50.2 Å². The predicted octanol–water partition coefficient (Wildman–Crippen LogP) is 1.76. The summed E-state index contributed by atoms with van der Waals surface area (Å²) in [5.41, 5.74) is -3.71. The predicted molar refractivity (Wildman–Crippen MR) is 99.8 cm³/mol. The molecule has 0 spiro atoms. The number of nitrogens with zero attached hydrogens (tertiary/aromatic N) is 2. The molecule has 1 aliphatic heterocycles. The van der Waals surface area contributed by atoms with Crippen molar-refractivity contribution in [1.82, 2.24) is 14.7 Å². The van der Waals surface area contributed by atoms with E-state index in [2.05, 4.69) is 31.4 Å². The largest absolute Gasteiger partial charge is 0.741 e. The average Bonchev–Trinajstić information content (AvgIpc) is 3.06. The first kappa shape index (κ1) is 24.3. The number of carbonyl (C=O) groups excluding carboxylic acids is 1. The summed E-state index contributed by atoms with van der Waals surface area (Å²) in [4.78, 5) is 14.4. The molecule has 160 valence electrons. The highest BCUT2D eigenvalue weighted by atomic mass is 32.2. The van der Waals surface area contributed by atoms with Crippen molar-refractivity contribution in [2.24, 2.45) is 0 Å². The van der Waals surface area contributed by atoms with E-state index in [1.165, 1.54) is 31.6 Å². The van der Waals surface area contributed by atoms with Crippen LogP contribution in [0.15, 0.2) is 24.3 Å². The van der Waals surface area contributed by atoms with Crippen LogP contribution in [-0.2, 0) is 10.1 Å². The van der Waals surface area contributed by atoms with Crippen molar-refractivity contribution >= 4 is 21.7 Å². The molecule has 1 N–H and O–H groups in total. The Morgan fingerprint density at radius 1 is 1.14 bits per heavy atom. The van der Waals surface area contributed by atoms with Gasteiger partial charge in [-0.3, -0.25) is 9.28 Å².